The van der Waals surface area contributed by atoms with Crippen molar-refractivity contribution in [2.45, 2.75) is 32.7 Å². The summed E-state index contributed by atoms with van der Waals surface area (Å²) in [4.78, 5) is 0. The van der Waals surface area contributed by atoms with Gasteiger partial charge in [0.2, 0.25) is 0 Å². The first-order valence-electron chi connectivity index (χ1n) is 4.64. The van der Waals surface area contributed by atoms with Crippen LogP contribution in [0.1, 0.15) is 26.7 Å². The standard InChI is InChI=1S/C8H19ClO2Si/c1-3-10-12(11-4-2)8-6-5-7-9/h12H,3-8H2,1-2H3. The molecule has 0 aliphatic rings. The van der Waals surface area contributed by atoms with Gasteiger partial charge in [-0.2, -0.15) is 0 Å². The summed E-state index contributed by atoms with van der Waals surface area (Å²) >= 11 is 5.57. The van der Waals surface area contributed by atoms with Crippen LogP contribution in [0.3, 0.4) is 0 Å². The van der Waals surface area contributed by atoms with Gasteiger partial charge in [-0.1, -0.05) is 6.42 Å². The second-order valence-corrected chi connectivity index (χ2v) is 5.01. The summed E-state index contributed by atoms with van der Waals surface area (Å²) in [6.45, 7) is 5.58. The normalized spacial score (nSPS) is 11.0. The van der Waals surface area contributed by atoms with E-state index in [9.17, 15) is 0 Å². The Morgan fingerprint density at radius 2 is 1.67 bits per heavy atom. The zero-order valence-corrected chi connectivity index (χ0v) is 9.93. The molecule has 0 N–H and O–H groups in total. The fourth-order valence-electron chi connectivity index (χ4n) is 0.992. The van der Waals surface area contributed by atoms with Gasteiger partial charge in [0.15, 0.2) is 0 Å². The molecule has 0 rings (SSSR count). The molecule has 0 aromatic carbocycles. The highest BCUT2D eigenvalue weighted by atomic mass is 35.5. The zero-order chi connectivity index (χ0) is 9.23. The molecule has 0 radical (unpaired) electrons. The quantitative estimate of drug-likeness (QED) is 0.348. The van der Waals surface area contributed by atoms with Gasteiger partial charge in [0.1, 0.15) is 0 Å². The maximum Gasteiger partial charge on any atom is 0.321 e. The first-order valence-corrected chi connectivity index (χ1v) is 6.93. The Balaban J connectivity index is 3.34. The van der Waals surface area contributed by atoms with Gasteiger partial charge in [-0.15, -0.1) is 11.6 Å². The maximum absolute atomic E-state index is 5.57. The Bertz CT molecular complexity index is 87.1. The van der Waals surface area contributed by atoms with Crippen LogP contribution < -0.4 is 0 Å². The Morgan fingerprint density at radius 1 is 1.08 bits per heavy atom. The molecule has 0 amide bonds. The second-order valence-electron chi connectivity index (χ2n) is 2.53. The zero-order valence-electron chi connectivity index (χ0n) is 8.01. The number of hydrogen-bond acceptors (Lipinski definition) is 2. The topological polar surface area (TPSA) is 18.5 Å². The first kappa shape index (κ1) is 12.4. The van der Waals surface area contributed by atoms with Crippen molar-refractivity contribution in [1.29, 1.82) is 0 Å². The molecule has 12 heavy (non-hydrogen) atoms. The molecule has 0 saturated carbocycles. The molecule has 0 spiro atoms. The number of alkyl halides is 1. The summed E-state index contributed by atoms with van der Waals surface area (Å²) in [5, 5.41) is 0. The molecule has 0 aromatic heterocycles. The van der Waals surface area contributed by atoms with Crippen LogP contribution in [-0.4, -0.2) is 28.4 Å². The molecule has 74 valence electrons. The van der Waals surface area contributed by atoms with Gasteiger partial charge in [-0.25, -0.2) is 0 Å². The Hall–Kier alpha value is 0.427. The Labute approximate surface area is 82.0 Å². The molecule has 0 aliphatic heterocycles. The van der Waals surface area contributed by atoms with Crippen LogP contribution in [0.4, 0.5) is 0 Å². The molecule has 0 atom stereocenters. The SMILES string of the molecule is CCO[SiH](CCCCCl)OCC. The highest BCUT2D eigenvalue weighted by molar-refractivity contribution is 6.44. The predicted octanol–water partition coefficient (Wildman–Crippen LogP) is 2.30. The van der Waals surface area contributed by atoms with E-state index in [0.717, 1.165) is 38.0 Å². The van der Waals surface area contributed by atoms with E-state index in [-0.39, 0.29) is 0 Å². The molecule has 0 unspecified atom stereocenters. The van der Waals surface area contributed by atoms with E-state index < -0.39 is 9.28 Å². The predicted molar refractivity (Wildman–Crippen MR) is 55.2 cm³/mol. The smallest absolute Gasteiger partial charge is 0.321 e. The lowest BCUT2D eigenvalue weighted by Crippen LogP contribution is -2.22. The molecule has 2 nitrogen and oxygen atoms in total. The summed E-state index contributed by atoms with van der Waals surface area (Å²) in [5.41, 5.74) is 0. The van der Waals surface area contributed by atoms with Crippen LogP contribution in [0.25, 0.3) is 0 Å². The lowest BCUT2D eigenvalue weighted by molar-refractivity contribution is 0.213. The summed E-state index contributed by atoms with van der Waals surface area (Å²) in [6, 6.07) is 1.09. The van der Waals surface area contributed by atoms with Gasteiger partial charge in [-0.05, 0) is 26.3 Å². The summed E-state index contributed by atoms with van der Waals surface area (Å²) in [6.07, 6.45) is 2.21. The van der Waals surface area contributed by atoms with Crippen molar-refractivity contribution < 1.29 is 8.85 Å². The summed E-state index contributed by atoms with van der Waals surface area (Å²) < 4.78 is 11.0. The third kappa shape index (κ3) is 7.10. The average Bonchev–Trinajstić information content (AvgIpc) is 2.06. The number of hydrogen-bond donors (Lipinski definition) is 0. The van der Waals surface area contributed by atoms with E-state index in [1.54, 1.807) is 0 Å². The van der Waals surface area contributed by atoms with Crippen molar-refractivity contribution in [2.75, 3.05) is 19.1 Å². The van der Waals surface area contributed by atoms with E-state index in [1.165, 1.54) is 0 Å². The van der Waals surface area contributed by atoms with Gasteiger partial charge >= 0.3 is 9.28 Å². The average molecular weight is 211 g/mol. The second kappa shape index (κ2) is 9.51. The van der Waals surface area contributed by atoms with Crippen molar-refractivity contribution >= 4 is 20.9 Å². The Kier molecular flexibility index (Phi) is 9.85. The minimum Gasteiger partial charge on any atom is -0.397 e. The molecular weight excluding hydrogens is 192 g/mol. The number of halogens is 1. The third-order valence-corrected chi connectivity index (χ3v) is 4.09. The monoisotopic (exact) mass is 210 g/mol. The Morgan fingerprint density at radius 3 is 2.08 bits per heavy atom. The van der Waals surface area contributed by atoms with Crippen LogP contribution in [0.15, 0.2) is 0 Å². The molecule has 0 bridgehead atoms. The molecule has 0 heterocycles. The minimum absolute atomic E-state index is 0.749. The van der Waals surface area contributed by atoms with Crippen molar-refractivity contribution in [1.82, 2.24) is 0 Å². The van der Waals surface area contributed by atoms with Crippen LogP contribution >= 0.6 is 11.6 Å². The van der Waals surface area contributed by atoms with Crippen molar-refractivity contribution in [3.8, 4) is 0 Å². The van der Waals surface area contributed by atoms with Crippen molar-refractivity contribution in [3.05, 3.63) is 0 Å². The van der Waals surface area contributed by atoms with Gasteiger partial charge < -0.3 is 8.85 Å². The highest BCUT2D eigenvalue weighted by Crippen LogP contribution is 2.05. The molecule has 0 saturated heterocycles. The minimum atomic E-state index is -1.32. The van der Waals surface area contributed by atoms with Gasteiger partial charge in [0.05, 0.1) is 0 Å². The number of rotatable bonds is 8. The molecule has 0 aromatic rings. The lowest BCUT2D eigenvalue weighted by atomic mass is 10.4. The highest BCUT2D eigenvalue weighted by Gasteiger charge is 2.10. The van der Waals surface area contributed by atoms with Crippen molar-refractivity contribution in [3.63, 3.8) is 0 Å². The largest absolute Gasteiger partial charge is 0.397 e. The van der Waals surface area contributed by atoms with Crippen LogP contribution in [-0.2, 0) is 8.85 Å². The fraction of sp³-hybridized carbons (Fsp3) is 1.00. The van der Waals surface area contributed by atoms with Crippen molar-refractivity contribution in [2.24, 2.45) is 0 Å². The maximum atomic E-state index is 5.57. The molecule has 0 aliphatic carbocycles. The fourth-order valence-corrected chi connectivity index (χ4v) is 2.98. The van der Waals surface area contributed by atoms with Crippen LogP contribution in [0.2, 0.25) is 6.04 Å². The number of unbranched alkanes of at least 4 members (excludes halogenated alkanes) is 1. The summed E-state index contributed by atoms with van der Waals surface area (Å²) in [7, 11) is -1.32. The first-order chi connectivity index (χ1) is 5.85. The van der Waals surface area contributed by atoms with E-state index in [4.69, 9.17) is 20.5 Å². The van der Waals surface area contributed by atoms with Gasteiger partial charge in [-0.3, -0.25) is 0 Å². The van der Waals surface area contributed by atoms with E-state index in [0.29, 0.717) is 0 Å². The third-order valence-electron chi connectivity index (χ3n) is 1.53. The molecule has 0 fully saturated rings. The molecule has 4 heteroatoms. The van der Waals surface area contributed by atoms with Crippen LogP contribution in [0, 0.1) is 0 Å². The van der Waals surface area contributed by atoms with Crippen LogP contribution in [0.5, 0.6) is 0 Å². The van der Waals surface area contributed by atoms with E-state index >= 15 is 0 Å². The van der Waals surface area contributed by atoms with E-state index in [2.05, 4.69) is 0 Å². The van der Waals surface area contributed by atoms with Gasteiger partial charge in [0, 0.05) is 19.1 Å². The lowest BCUT2D eigenvalue weighted by Gasteiger charge is -2.13. The van der Waals surface area contributed by atoms with E-state index in [1.807, 2.05) is 13.8 Å². The molecular formula is C8H19ClO2Si. The van der Waals surface area contributed by atoms with Gasteiger partial charge in [0.25, 0.3) is 0 Å². The summed E-state index contributed by atoms with van der Waals surface area (Å²) in [5.74, 6) is 0.749.